The van der Waals surface area contributed by atoms with E-state index in [1.165, 1.54) is 30.5 Å². The first-order valence-corrected chi connectivity index (χ1v) is 10.8. The maximum Gasteiger partial charge on any atom is 0.273 e. The minimum absolute atomic E-state index is 0.0235. The van der Waals surface area contributed by atoms with Crippen molar-refractivity contribution in [1.29, 1.82) is 0 Å². The third kappa shape index (κ3) is 6.72. The van der Waals surface area contributed by atoms with Gasteiger partial charge in [-0.2, -0.15) is 0 Å². The van der Waals surface area contributed by atoms with E-state index in [0.29, 0.717) is 18.5 Å². The average Bonchev–Trinajstić information content (AvgIpc) is 3.30. The van der Waals surface area contributed by atoms with Crippen LogP contribution in [0.25, 0.3) is 0 Å². The van der Waals surface area contributed by atoms with E-state index in [1.807, 2.05) is 44.2 Å². The highest BCUT2D eigenvalue weighted by Crippen LogP contribution is 2.18. The Labute approximate surface area is 196 Å². The Morgan fingerprint density at radius 3 is 2.41 bits per heavy atom. The molecule has 0 aliphatic carbocycles. The van der Waals surface area contributed by atoms with Gasteiger partial charge in [0.05, 0.1) is 11.0 Å². The summed E-state index contributed by atoms with van der Waals surface area (Å²) in [5.41, 5.74) is 7.51. The highest BCUT2D eigenvalue weighted by atomic mass is 16.6. The van der Waals surface area contributed by atoms with Crippen molar-refractivity contribution in [3.05, 3.63) is 88.1 Å². The van der Waals surface area contributed by atoms with Gasteiger partial charge in [-0.3, -0.25) is 19.7 Å². The van der Waals surface area contributed by atoms with E-state index in [-0.39, 0.29) is 23.2 Å². The van der Waals surface area contributed by atoms with Crippen molar-refractivity contribution < 1.29 is 18.9 Å². The summed E-state index contributed by atoms with van der Waals surface area (Å²) in [6.45, 7) is 3.85. The van der Waals surface area contributed by atoms with Gasteiger partial charge in [0.15, 0.2) is 5.69 Å². The number of nitrogens with one attached hydrogen (secondary N) is 2. The second-order valence-electron chi connectivity index (χ2n) is 8.32. The van der Waals surface area contributed by atoms with E-state index >= 15 is 0 Å². The quantitative estimate of drug-likeness (QED) is 0.305. The topological polar surface area (TPSA) is 153 Å². The first kappa shape index (κ1) is 24.6. The molecule has 3 aromatic rings. The van der Waals surface area contributed by atoms with Crippen molar-refractivity contribution in [2.45, 2.75) is 38.8 Å². The van der Waals surface area contributed by atoms with E-state index in [2.05, 4.69) is 15.6 Å². The van der Waals surface area contributed by atoms with Gasteiger partial charge in [-0.05, 0) is 36.5 Å². The third-order valence-corrected chi connectivity index (χ3v) is 5.04. The Balaban J connectivity index is 1.65. The van der Waals surface area contributed by atoms with Crippen LogP contribution in [0.4, 0.5) is 11.4 Å². The van der Waals surface area contributed by atoms with Crippen molar-refractivity contribution in [2.75, 3.05) is 5.32 Å². The fourth-order valence-electron chi connectivity index (χ4n) is 3.35. The molecule has 0 saturated heterocycles. The van der Waals surface area contributed by atoms with Crippen LogP contribution < -0.4 is 16.4 Å². The molecule has 0 aliphatic rings. The molecule has 10 heteroatoms. The van der Waals surface area contributed by atoms with Crippen molar-refractivity contribution in [2.24, 2.45) is 11.7 Å². The van der Waals surface area contributed by atoms with Crippen LogP contribution in [-0.4, -0.2) is 27.8 Å². The SMILES string of the molecule is CC(C)CC(NC(=O)c1coc(C(N)Cc2ccccc2)n1)C(=O)Nc1ccc([N+](=O)[O-])cc1. The number of nitro benzene ring substituents is 1. The molecule has 34 heavy (non-hydrogen) atoms. The zero-order valence-corrected chi connectivity index (χ0v) is 18.9. The van der Waals surface area contributed by atoms with Gasteiger partial charge in [-0.1, -0.05) is 44.2 Å². The number of nitrogens with zero attached hydrogens (tertiary/aromatic N) is 2. The van der Waals surface area contributed by atoms with Crippen LogP contribution in [-0.2, 0) is 11.2 Å². The minimum Gasteiger partial charge on any atom is -0.446 e. The van der Waals surface area contributed by atoms with E-state index in [1.54, 1.807) is 0 Å². The molecule has 2 amide bonds. The van der Waals surface area contributed by atoms with Gasteiger partial charge in [-0.15, -0.1) is 0 Å². The molecule has 4 N–H and O–H groups in total. The van der Waals surface area contributed by atoms with Gasteiger partial charge < -0.3 is 20.8 Å². The number of aromatic nitrogens is 1. The zero-order chi connectivity index (χ0) is 24.7. The highest BCUT2D eigenvalue weighted by Gasteiger charge is 2.25. The number of non-ortho nitro benzene ring substituents is 1. The van der Waals surface area contributed by atoms with Crippen LogP contribution in [0, 0.1) is 16.0 Å². The Hall–Kier alpha value is -4.05. The molecule has 0 spiro atoms. The molecular formula is C24H27N5O5. The fraction of sp³-hybridized carbons (Fsp3) is 0.292. The minimum atomic E-state index is -0.846. The van der Waals surface area contributed by atoms with Crippen molar-refractivity contribution >= 4 is 23.2 Å². The van der Waals surface area contributed by atoms with Gasteiger partial charge in [0.2, 0.25) is 11.8 Å². The van der Waals surface area contributed by atoms with Gasteiger partial charge in [0, 0.05) is 17.8 Å². The predicted molar refractivity (Wildman–Crippen MR) is 126 cm³/mol. The lowest BCUT2D eigenvalue weighted by Crippen LogP contribution is -2.44. The number of nitro groups is 1. The van der Waals surface area contributed by atoms with Crippen LogP contribution >= 0.6 is 0 Å². The second-order valence-corrected chi connectivity index (χ2v) is 8.32. The van der Waals surface area contributed by atoms with E-state index < -0.39 is 28.8 Å². The largest absolute Gasteiger partial charge is 0.446 e. The molecule has 0 fully saturated rings. The first-order valence-electron chi connectivity index (χ1n) is 10.8. The summed E-state index contributed by atoms with van der Waals surface area (Å²) in [6, 6.07) is 13.7. The van der Waals surface area contributed by atoms with Gasteiger partial charge in [0.25, 0.3) is 11.6 Å². The smallest absolute Gasteiger partial charge is 0.273 e. The zero-order valence-electron chi connectivity index (χ0n) is 18.9. The monoisotopic (exact) mass is 465 g/mol. The number of hydrogen-bond donors (Lipinski definition) is 3. The summed E-state index contributed by atoms with van der Waals surface area (Å²) in [6.07, 6.45) is 2.09. The number of carbonyl (C=O) groups is 2. The molecule has 0 saturated carbocycles. The normalized spacial score (nSPS) is 12.7. The first-order chi connectivity index (χ1) is 16.2. The van der Waals surface area contributed by atoms with E-state index in [4.69, 9.17) is 10.2 Å². The fourth-order valence-corrected chi connectivity index (χ4v) is 3.35. The van der Waals surface area contributed by atoms with Crippen molar-refractivity contribution in [3.63, 3.8) is 0 Å². The maximum atomic E-state index is 12.8. The Bertz CT molecular complexity index is 1130. The number of rotatable bonds is 10. The summed E-state index contributed by atoms with van der Waals surface area (Å²) in [7, 11) is 0. The predicted octanol–water partition coefficient (Wildman–Crippen LogP) is 3.61. The molecule has 0 radical (unpaired) electrons. The Morgan fingerprint density at radius 2 is 1.79 bits per heavy atom. The number of carbonyl (C=O) groups excluding carboxylic acids is 2. The molecule has 2 unspecified atom stereocenters. The van der Waals surface area contributed by atoms with Crippen LogP contribution in [0.1, 0.15) is 48.3 Å². The van der Waals surface area contributed by atoms with Gasteiger partial charge in [0.1, 0.15) is 12.3 Å². The van der Waals surface area contributed by atoms with Crippen LogP contribution in [0.3, 0.4) is 0 Å². The third-order valence-electron chi connectivity index (χ3n) is 5.04. The number of anilines is 1. The molecule has 3 rings (SSSR count). The molecule has 1 aromatic heterocycles. The van der Waals surface area contributed by atoms with E-state index in [9.17, 15) is 19.7 Å². The van der Waals surface area contributed by atoms with Gasteiger partial charge in [-0.25, -0.2) is 4.98 Å². The summed E-state index contributed by atoms with van der Waals surface area (Å²) in [5, 5.41) is 16.2. The molecule has 10 nitrogen and oxygen atoms in total. The molecule has 2 atom stereocenters. The van der Waals surface area contributed by atoms with Crippen molar-refractivity contribution in [1.82, 2.24) is 10.3 Å². The summed E-state index contributed by atoms with van der Waals surface area (Å²) in [5.74, 6) is -0.670. The number of nitrogens with two attached hydrogens (primary N) is 1. The van der Waals surface area contributed by atoms with Crippen LogP contribution in [0.2, 0.25) is 0 Å². The number of hydrogen-bond acceptors (Lipinski definition) is 7. The Kier molecular flexibility index (Phi) is 8.10. The Morgan fingerprint density at radius 1 is 1.12 bits per heavy atom. The molecule has 1 heterocycles. The second kappa shape index (κ2) is 11.2. The molecule has 0 aliphatic heterocycles. The lowest BCUT2D eigenvalue weighted by molar-refractivity contribution is -0.384. The summed E-state index contributed by atoms with van der Waals surface area (Å²) < 4.78 is 5.42. The van der Waals surface area contributed by atoms with Gasteiger partial charge >= 0.3 is 0 Å². The van der Waals surface area contributed by atoms with Crippen molar-refractivity contribution in [3.8, 4) is 0 Å². The molecule has 0 bridgehead atoms. The summed E-state index contributed by atoms with van der Waals surface area (Å²) >= 11 is 0. The lowest BCUT2D eigenvalue weighted by atomic mass is 10.0. The number of amides is 2. The lowest BCUT2D eigenvalue weighted by Gasteiger charge is -2.19. The standard InChI is InChI=1S/C24H27N5O5/c1-15(2)12-20(22(30)26-17-8-10-18(11-9-17)29(32)33)27-23(31)21-14-34-24(28-21)19(25)13-16-6-4-3-5-7-16/h3-11,14-15,19-20H,12-13,25H2,1-2H3,(H,26,30)(H,27,31). The average molecular weight is 466 g/mol. The van der Waals surface area contributed by atoms with Crippen LogP contribution in [0.15, 0.2) is 65.3 Å². The van der Waals surface area contributed by atoms with Crippen LogP contribution in [0.5, 0.6) is 0 Å². The highest BCUT2D eigenvalue weighted by molar-refractivity contribution is 6.00. The molecule has 178 valence electrons. The number of oxazole rings is 1. The molecular weight excluding hydrogens is 438 g/mol. The number of benzene rings is 2. The summed E-state index contributed by atoms with van der Waals surface area (Å²) in [4.78, 5) is 40.1. The maximum absolute atomic E-state index is 12.8. The molecule has 2 aromatic carbocycles. The van der Waals surface area contributed by atoms with E-state index in [0.717, 1.165) is 5.56 Å².